The Bertz CT molecular complexity index is 1160. The van der Waals surface area contributed by atoms with Gasteiger partial charge in [-0.1, -0.05) is 6.08 Å². The summed E-state index contributed by atoms with van der Waals surface area (Å²) in [6.45, 7) is -0.169. The van der Waals surface area contributed by atoms with Crippen molar-refractivity contribution < 1.29 is 22.4 Å². The molecule has 2 aliphatic heterocycles. The monoisotopic (exact) mass is 434 g/mol. The van der Waals surface area contributed by atoms with Gasteiger partial charge in [0.25, 0.3) is 10.0 Å². The van der Waals surface area contributed by atoms with Crippen molar-refractivity contribution in [3.05, 3.63) is 46.7 Å². The van der Waals surface area contributed by atoms with Gasteiger partial charge >= 0.3 is 6.03 Å². The number of carbonyl (C=O) groups is 2. The Morgan fingerprint density at radius 1 is 1.38 bits per heavy atom. The molecule has 2 bridgehead atoms. The van der Waals surface area contributed by atoms with Crippen molar-refractivity contribution in [2.45, 2.75) is 17.4 Å². The summed E-state index contributed by atoms with van der Waals surface area (Å²) in [7, 11) is -4.34. The van der Waals surface area contributed by atoms with Crippen LogP contribution in [0.5, 0.6) is 0 Å². The summed E-state index contributed by atoms with van der Waals surface area (Å²) >= 11 is 1.48. The number of likely N-dealkylation sites (tertiary alicyclic amines) is 1. The van der Waals surface area contributed by atoms with Crippen molar-refractivity contribution in [2.24, 2.45) is 5.92 Å². The lowest BCUT2D eigenvalue weighted by molar-refractivity contribution is -0.131. The van der Waals surface area contributed by atoms with E-state index in [0.717, 1.165) is 29.1 Å². The topological polar surface area (TPSA) is 99.7 Å². The molecule has 0 radical (unpaired) electrons. The van der Waals surface area contributed by atoms with E-state index < -0.39 is 34.3 Å². The zero-order valence-corrected chi connectivity index (χ0v) is 16.5. The van der Waals surface area contributed by atoms with Crippen molar-refractivity contribution >= 4 is 44.6 Å². The third kappa shape index (κ3) is 2.84. The fourth-order valence-corrected chi connectivity index (χ4v) is 6.25. The SMILES string of the molecule is O=C(CN1C(=O)Nc2ccc(F)cc2S1(=O)=O)N1C[C@@H]2C=C(c3nccs3)[C@H]1C2. The van der Waals surface area contributed by atoms with Crippen LogP contribution >= 0.6 is 11.3 Å². The van der Waals surface area contributed by atoms with Crippen LogP contribution in [0, 0.1) is 11.7 Å². The molecule has 3 heterocycles. The van der Waals surface area contributed by atoms with E-state index in [1.807, 2.05) is 5.38 Å². The lowest BCUT2D eigenvalue weighted by Gasteiger charge is -2.32. The Hall–Kier alpha value is -2.79. The standard InChI is InChI=1S/C18H15FN4O4S2/c19-11-1-2-13-15(7-11)29(26,27)23(18(25)21-13)9-16(24)22-8-10-5-12(14(22)6-10)17-20-3-4-28-17/h1-5,7,10,14H,6,8-9H2,(H,21,25)/t10-,14-/m1/s1. The Balaban J connectivity index is 1.40. The van der Waals surface area contributed by atoms with Crippen LogP contribution in [0.2, 0.25) is 0 Å². The average molecular weight is 434 g/mol. The normalized spacial score (nSPS) is 24.3. The Morgan fingerprint density at radius 3 is 2.93 bits per heavy atom. The molecule has 1 fully saturated rings. The highest BCUT2D eigenvalue weighted by molar-refractivity contribution is 7.90. The lowest BCUT2D eigenvalue weighted by Crippen LogP contribution is -2.50. The summed E-state index contributed by atoms with van der Waals surface area (Å²) < 4.78 is 39.7. The molecule has 3 amide bonds. The van der Waals surface area contributed by atoms with Gasteiger partial charge in [0.1, 0.15) is 22.3 Å². The molecule has 1 aromatic carbocycles. The summed E-state index contributed by atoms with van der Waals surface area (Å²) in [5.74, 6) is -1.03. The van der Waals surface area contributed by atoms with E-state index in [1.54, 1.807) is 11.1 Å². The molecule has 29 heavy (non-hydrogen) atoms. The molecule has 5 rings (SSSR count). The number of hydrogen-bond donors (Lipinski definition) is 1. The van der Waals surface area contributed by atoms with E-state index >= 15 is 0 Å². The highest BCUT2D eigenvalue weighted by Gasteiger charge is 2.45. The first-order valence-electron chi connectivity index (χ1n) is 8.89. The number of benzene rings is 1. The van der Waals surface area contributed by atoms with Crippen LogP contribution in [-0.2, 0) is 14.8 Å². The zero-order valence-electron chi connectivity index (χ0n) is 14.9. The van der Waals surface area contributed by atoms with E-state index in [0.29, 0.717) is 10.8 Å². The minimum absolute atomic E-state index is 0.00526. The van der Waals surface area contributed by atoms with Gasteiger partial charge in [0.05, 0.1) is 11.7 Å². The predicted octanol–water partition coefficient (Wildman–Crippen LogP) is 2.13. The van der Waals surface area contributed by atoms with Gasteiger partial charge in [-0.2, -0.15) is 0 Å². The van der Waals surface area contributed by atoms with Gasteiger partial charge in [-0.05, 0) is 30.5 Å². The van der Waals surface area contributed by atoms with Gasteiger partial charge in [0.2, 0.25) is 5.91 Å². The third-order valence-electron chi connectivity index (χ3n) is 5.37. The molecule has 150 valence electrons. The molecule has 2 atom stereocenters. The van der Waals surface area contributed by atoms with Gasteiger partial charge in [-0.15, -0.1) is 11.3 Å². The molecule has 1 aliphatic carbocycles. The molecule has 1 aromatic heterocycles. The highest BCUT2D eigenvalue weighted by Crippen LogP contribution is 2.42. The second-order valence-corrected chi connectivity index (χ2v) is 9.82. The molecule has 1 N–H and O–H groups in total. The number of halogens is 1. The quantitative estimate of drug-likeness (QED) is 0.798. The number of aromatic nitrogens is 1. The van der Waals surface area contributed by atoms with E-state index in [9.17, 15) is 22.4 Å². The maximum atomic E-state index is 13.6. The van der Waals surface area contributed by atoms with Gasteiger partial charge in [-0.3, -0.25) is 4.79 Å². The minimum atomic E-state index is -4.34. The van der Waals surface area contributed by atoms with Crippen molar-refractivity contribution in [1.29, 1.82) is 0 Å². The Kier molecular flexibility index (Phi) is 4.00. The van der Waals surface area contributed by atoms with Crippen LogP contribution in [0.25, 0.3) is 5.57 Å². The molecule has 11 heteroatoms. The molecule has 0 spiro atoms. The molecule has 0 unspecified atom stereocenters. The fourth-order valence-electron chi connectivity index (χ4n) is 4.09. The number of nitrogens with zero attached hydrogens (tertiary/aromatic N) is 3. The second kappa shape index (κ2) is 6.36. The Labute approximate surface area is 169 Å². The van der Waals surface area contributed by atoms with Crippen molar-refractivity contribution in [1.82, 2.24) is 14.2 Å². The molecule has 2 aromatic rings. The smallest absolute Gasteiger partial charge is 0.333 e. The first-order valence-corrected chi connectivity index (χ1v) is 11.2. The van der Waals surface area contributed by atoms with Crippen LogP contribution in [0.3, 0.4) is 0 Å². The van der Waals surface area contributed by atoms with E-state index in [2.05, 4.69) is 16.4 Å². The number of amides is 3. The predicted molar refractivity (Wildman–Crippen MR) is 103 cm³/mol. The minimum Gasteiger partial charge on any atom is -0.333 e. The van der Waals surface area contributed by atoms with Crippen LogP contribution in [-0.4, -0.2) is 53.7 Å². The number of nitrogens with one attached hydrogen (secondary N) is 1. The summed E-state index contributed by atoms with van der Waals surface area (Å²) in [6, 6.07) is 1.96. The van der Waals surface area contributed by atoms with Crippen LogP contribution in [0.4, 0.5) is 14.9 Å². The number of rotatable bonds is 3. The maximum absolute atomic E-state index is 13.6. The summed E-state index contributed by atoms with van der Waals surface area (Å²) in [5.41, 5.74) is 0.956. The number of hydrogen-bond acceptors (Lipinski definition) is 6. The van der Waals surface area contributed by atoms with Crippen molar-refractivity contribution in [2.75, 3.05) is 18.4 Å². The number of anilines is 1. The first kappa shape index (κ1) is 18.3. The lowest BCUT2D eigenvalue weighted by atomic mass is 10.1. The van der Waals surface area contributed by atoms with Gasteiger partial charge in [0.15, 0.2) is 0 Å². The van der Waals surface area contributed by atoms with Crippen molar-refractivity contribution in [3.8, 4) is 0 Å². The van der Waals surface area contributed by atoms with Gasteiger partial charge in [-0.25, -0.2) is 26.9 Å². The number of fused-ring (bicyclic) bond motifs is 3. The number of thiazole rings is 1. The van der Waals surface area contributed by atoms with Gasteiger partial charge < -0.3 is 10.2 Å². The first-order chi connectivity index (χ1) is 13.8. The largest absolute Gasteiger partial charge is 0.336 e. The maximum Gasteiger partial charge on any atom is 0.336 e. The van der Waals surface area contributed by atoms with E-state index in [1.165, 1.54) is 17.4 Å². The summed E-state index contributed by atoms with van der Waals surface area (Å²) in [6.07, 6.45) is 4.56. The molecule has 3 aliphatic rings. The average Bonchev–Trinajstić information content (AvgIpc) is 3.42. The second-order valence-electron chi connectivity index (χ2n) is 7.10. The molecular formula is C18H15FN4O4S2. The Morgan fingerprint density at radius 2 is 2.21 bits per heavy atom. The van der Waals surface area contributed by atoms with Crippen LogP contribution < -0.4 is 5.32 Å². The van der Waals surface area contributed by atoms with Crippen LogP contribution in [0.1, 0.15) is 11.4 Å². The highest BCUT2D eigenvalue weighted by atomic mass is 32.2. The van der Waals surface area contributed by atoms with E-state index in [4.69, 9.17) is 0 Å². The van der Waals surface area contributed by atoms with Crippen LogP contribution in [0.15, 0.2) is 40.7 Å². The third-order valence-corrected chi connectivity index (χ3v) is 7.96. The molecule has 0 saturated carbocycles. The number of urea groups is 1. The fraction of sp³-hybridized carbons (Fsp3) is 0.278. The zero-order chi connectivity index (χ0) is 20.3. The van der Waals surface area contributed by atoms with Crippen molar-refractivity contribution in [3.63, 3.8) is 0 Å². The van der Waals surface area contributed by atoms with E-state index in [-0.39, 0.29) is 22.5 Å². The molecular weight excluding hydrogens is 419 g/mol. The van der Waals surface area contributed by atoms with Gasteiger partial charge in [0, 0.05) is 23.7 Å². The number of carbonyl (C=O) groups excluding carboxylic acids is 2. The molecule has 8 nitrogen and oxygen atoms in total. The number of sulfonamides is 1. The summed E-state index contributed by atoms with van der Waals surface area (Å²) in [5, 5.41) is 5.10. The summed E-state index contributed by atoms with van der Waals surface area (Å²) in [4.78, 5) is 30.9. The molecule has 1 saturated heterocycles.